The van der Waals surface area contributed by atoms with Gasteiger partial charge in [-0.3, -0.25) is 4.79 Å². The number of aryl methyl sites for hydroxylation is 1. The summed E-state index contributed by atoms with van der Waals surface area (Å²) in [5.41, 5.74) is 5.54. The Balaban J connectivity index is 1.48. The third kappa shape index (κ3) is 4.08. The van der Waals surface area contributed by atoms with Gasteiger partial charge in [0.1, 0.15) is 12.4 Å². The molecule has 5 rings (SSSR count). The van der Waals surface area contributed by atoms with Crippen molar-refractivity contribution in [3.63, 3.8) is 0 Å². The lowest BCUT2D eigenvalue weighted by molar-refractivity contribution is -0.119. The Morgan fingerprint density at radius 3 is 2.61 bits per heavy atom. The van der Waals surface area contributed by atoms with Crippen molar-refractivity contribution >= 4 is 22.4 Å². The molecule has 0 N–H and O–H groups in total. The first kappa shape index (κ1) is 20.8. The summed E-state index contributed by atoms with van der Waals surface area (Å²) >= 11 is 0. The van der Waals surface area contributed by atoms with Crippen LogP contribution in [0.2, 0.25) is 0 Å². The minimum Gasteiger partial charge on any atom is -0.489 e. The molecule has 0 saturated carbocycles. The SMILES string of the molecule is C#CCN1C(=O)CC(c2ccc(OCc3cccc(C)c3)cc2)c2c1ccc1ccccc21. The number of nitrogens with zero attached hydrogens (tertiary/aromatic N) is 1. The quantitative estimate of drug-likeness (QED) is 0.351. The van der Waals surface area contributed by atoms with E-state index < -0.39 is 0 Å². The lowest BCUT2D eigenvalue weighted by Crippen LogP contribution is -2.37. The molecule has 1 unspecified atom stereocenters. The van der Waals surface area contributed by atoms with Gasteiger partial charge in [0.15, 0.2) is 0 Å². The highest BCUT2D eigenvalue weighted by atomic mass is 16.5. The van der Waals surface area contributed by atoms with Crippen molar-refractivity contribution in [2.75, 3.05) is 11.4 Å². The topological polar surface area (TPSA) is 29.5 Å². The number of carbonyl (C=O) groups excluding carboxylic acids is 1. The summed E-state index contributed by atoms with van der Waals surface area (Å²) in [6.45, 7) is 2.89. The zero-order valence-electron chi connectivity index (χ0n) is 18.6. The first-order chi connectivity index (χ1) is 16.1. The van der Waals surface area contributed by atoms with Gasteiger partial charge in [-0.1, -0.05) is 78.2 Å². The van der Waals surface area contributed by atoms with Crippen LogP contribution in [0.5, 0.6) is 5.75 Å². The zero-order valence-corrected chi connectivity index (χ0v) is 18.6. The fourth-order valence-electron chi connectivity index (χ4n) is 4.72. The van der Waals surface area contributed by atoms with Crippen LogP contribution < -0.4 is 9.64 Å². The Morgan fingerprint density at radius 2 is 1.82 bits per heavy atom. The number of fused-ring (bicyclic) bond motifs is 3. The van der Waals surface area contributed by atoms with Gasteiger partial charge < -0.3 is 9.64 Å². The van der Waals surface area contributed by atoms with Crippen LogP contribution in [-0.2, 0) is 11.4 Å². The Morgan fingerprint density at radius 1 is 1.00 bits per heavy atom. The Bertz CT molecular complexity index is 1360. The average molecular weight is 432 g/mol. The molecule has 1 aliphatic rings. The summed E-state index contributed by atoms with van der Waals surface area (Å²) in [4.78, 5) is 14.8. The summed E-state index contributed by atoms with van der Waals surface area (Å²) in [7, 11) is 0. The van der Waals surface area contributed by atoms with Crippen LogP contribution in [0.25, 0.3) is 10.8 Å². The zero-order chi connectivity index (χ0) is 22.8. The predicted octanol–water partition coefficient (Wildman–Crippen LogP) is 6.23. The molecule has 33 heavy (non-hydrogen) atoms. The number of terminal acetylenes is 1. The molecule has 0 fully saturated rings. The molecule has 1 atom stereocenters. The van der Waals surface area contributed by atoms with Gasteiger partial charge in [0.25, 0.3) is 0 Å². The predicted molar refractivity (Wildman–Crippen MR) is 134 cm³/mol. The second-order valence-corrected chi connectivity index (χ2v) is 8.51. The smallest absolute Gasteiger partial charge is 0.228 e. The summed E-state index contributed by atoms with van der Waals surface area (Å²) in [6.07, 6.45) is 5.97. The molecule has 0 radical (unpaired) electrons. The first-order valence-corrected chi connectivity index (χ1v) is 11.2. The number of hydrogen-bond acceptors (Lipinski definition) is 2. The van der Waals surface area contributed by atoms with Crippen LogP contribution in [-0.4, -0.2) is 12.5 Å². The normalized spacial score (nSPS) is 15.2. The van der Waals surface area contributed by atoms with Crippen molar-refractivity contribution in [2.45, 2.75) is 25.9 Å². The molecule has 1 heterocycles. The third-order valence-electron chi connectivity index (χ3n) is 6.29. The van der Waals surface area contributed by atoms with Crippen molar-refractivity contribution in [3.05, 3.63) is 107 Å². The number of carbonyl (C=O) groups is 1. The average Bonchev–Trinajstić information content (AvgIpc) is 2.84. The lowest BCUT2D eigenvalue weighted by atomic mass is 9.81. The molecular weight excluding hydrogens is 406 g/mol. The van der Waals surface area contributed by atoms with Gasteiger partial charge in [-0.2, -0.15) is 0 Å². The van der Waals surface area contributed by atoms with E-state index >= 15 is 0 Å². The molecule has 4 aromatic rings. The van der Waals surface area contributed by atoms with Crippen LogP contribution in [0, 0.1) is 19.3 Å². The molecule has 0 saturated heterocycles. The molecule has 1 amide bonds. The van der Waals surface area contributed by atoms with Crippen LogP contribution in [0.4, 0.5) is 5.69 Å². The molecule has 162 valence electrons. The van der Waals surface area contributed by atoms with Crippen molar-refractivity contribution in [1.29, 1.82) is 0 Å². The van der Waals surface area contributed by atoms with Crippen LogP contribution >= 0.6 is 0 Å². The number of anilines is 1. The van der Waals surface area contributed by atoms with Crippen LogP contribution in [0.15, 0.2) is 84.9 Å². The number of benzene rings is 4. The van der Waals surface area contributed by atoms with E-state index in [4.69, 9.17) is 11.2 Å². The van der Waals surface area contributed by atoms with Crippen LogP contribution in [0.1, 0.15) is 34.6 Å². The minimum absolute atomic E-state index is 0.0292. The number of hydrogen-bond donors (Lipinski definition) is 0. The van der Waals surface area contributed by atoms with E-state index in [1.165, 1.54) is 5.56 Å². The van der Waals surface area contributed by atoms with Crippen molar-refractivity contribution in [1.82, 2.24) is 0 Å². The largest absolute Gasteiger partial charge is 0.489 e. The standard InChI is InChI=1S/C30H25NO2/c1-3-17-31-28-16-13-23-9-4-5-10-26(23)30(28)27(19-29(31)32)24-11-14-25(15-12-24)33-20-22-8-6-7-21(2)18-22/h1,4-16,18,27H,17,19-20H2,2H3. The Kier molecular flexibility index (Phi) is 5.59. The molecule has 0 spiro atoms. The third-order valence-corrected chi connectivity index (χ3v) is 6.29. The molecule has 0 aliphatic carbocycles. The Hall–Kier alpha value is -4.03. The molecule has 3 nitrogen and oxygen atoms in total. The maximum Gasteiger partial charge on any atom is 0.228 e. The second-order valence-electron chi connectivity index (χ2n) is 8.51. The summed E-state index contributed by atoms with van der Waals surface area (Å²) < 4.78 is 6.00. The maximum atomic E-state index is 13.0. The fraction of sp³-hybridized carbons (Fsp3) is 0.167. The van der Waals surface area contributed by atoms with E-state index in [1.54, 1.807) is 4.90 Å². The lowest BCUT2D eigenvalue weighted by Gasteiger charge is -2.34. The molecule has 0 aromatic heterocycles. The van der Waals surface area contributed by atoms with Gasteiger partial charge in [-0.25, -0.2) is 0 Å². The van der Waals surface area contributed by atoms with Gasteiger partial charge in [0, 0.05) is 18.0 Å². The first-order valence-electron chi connectivity index (χ1n) is 11.2. The van der Waals surface area contributed by atoms with Gasteiger partial charge >= 0.3 is 0 Å². The molecule has 3 heteroatoms. The van der Waals surface area contributed by atoms with E-state index in [0.29, 0.717) is 13.0 Å². The van der Waals surface area contributed by atoms with Gasteiger partial charge in [-0.05, 0) is 52.6 Å². The summed E-state index contributed by atoms with van der Waals surface area (Å²) in [5.74, 6) is 3.48. The Labute approximate surface area is 194 Å². The number of amides is 1. The van der Waals surface area contributed by atoms with E-state index in [0.717, 1.165) is 38.9 Å². The minimum atomic E-state index is -0.0292. The summed E-state index contributed by atoms with van der Waals surface area (Å²) in [6, 6.07) is 28.9. The fourth-order valence-corrected chi connectivity index (χ4v) is 4.72. The number of ether oxygens (including phenoxy) is 1. The van der Waals surface area contributed by atoms with Crippen molar-refractivity contribution < 1.29 is 9.53 Å². The van der Waals surface area contributed by atoms with E-state index in [1.807, 2.05) is 36.4 Å². The summed E-state index contributed by atoms with van der Waals surface area (Å²) in [5, 5.41) is 2.32. The molecular formula is C30H25NO2. The molecule has 1 aliphatic heterocycles. The highest BCUT2D eigenvalue weighted by molar-refractivity contribution is 6.03. The second kappa shape index (κ2) is 8.84. The monoisotopic (exact) mass is 431 g/mol. The van der Waals surface area contributed by atoms with Crippen molar-refractivity contribution in [2.24, 2.45) is 0 Å². The van der Waals surface area contributed by atoms with Gasteiger partial charge in [0.05, 0.1) is 6.54 Å². The molecule has 4 aromatic carbocycles. The highest BCUT2D eigenvalue weighted by Gasteiger charge is 2.33. The maximum absolute atomic E-state index is 13.0. The number of rotatable bonds is 5. The van der Waals surface area contributed by atoms with E-state index in [9.17, 15) is 4.79 Å². The van der Waals surface area contributed by atoms with E-state index in [2.05, 4.69) is 61.4 Å². The van der Waals surface area contributed by atoms with E-state index in [-0.39, 0.29) is 18.4 Å². The highest BCUT2D eigenvalue weighted by Crippen LogP contribution is 2.44. The molecule has 0 bridgehead atoms. The van der Waals surface area contributed by atoms with Gasteiger partial charge in [0.2, 0.25) is 5.91 Å². The van der Waals surface area contributed by atoms with Crippen molar-refractivity contribution in [3.8, 4) is 18.1 Å². The van der Waals surface area contributed by atoms with Crippen LogP contribution in [0.3, 0.4) is 0 Å². The van der Waals surface area contributed by atoms with Gasteiger partial charge in [-0.15, -0.1) is 6.42 Å².